The van der Waals surface area contributed by atoms with Gasteiger partial charge in [-0.05, 0) is 31.9 Å². The Hall–Kier alpha value is -1.29. The van der Waals surface area contributed by atoms with Crippen molar-refractivity contribution in [3.8, 4) is 5.75 Å². The van der Waals surface area contributed by atoms with Gasteiger partial charge in [0.1, 0.15) is 11.6 Å². The fourth-order valence-corrected chi connectivity index (χ4v) is 1.64. The molecule has 0 bridgehead atoms. The SMILES string of the molecule is COc1cc(F)c(Cl)cc1CC(C)(C)C(=O)O. The van der Waals surface area contributed by atoms with E-state index in [4.69, 9.17) is 21.4 Å². The van der Waals surface area contributed by atoms with E-state index in [9.17, 15) is 9.18 Å². The van der Waals surface area contributed by atoms with Gasteiger partial charge in [0.2, 0.25) is 0 Å². The van der Waals surface area contributed by atoms with Crippen LogP contribution in [0.25, 0.3) is 0 Å². The number of benzene rings is 1. The van der Waals surface area contributed by atoms with Crippen LogP contribution in [0.4, 0.5) is 4.39 Å². The van der Waals surface area contributed by atoms with Crippen LogP contribution in [0.3, 0.4) is 0 Å². The molecule has 0 atom stereocenters. The molecule has 0 aromatic heterocycles. The number of carbonyl (C=O) groups is 1. The highest BCUT2D eigenvalue weighted by atomic mass is 35.5. The summed E-state index contributed by atoms with van der Waals surface area (Å²) in [6, 6.07) is 2.57. The lowest BCUT2D eigenvalue weighted by Gasteiger charge is -2.20. The molecule has 0 aliphatic carbocycles. The molecule has 0 aliphatic heterocycles. The van der Waals surface area contributed by atoms with Crippen LogP contribution in [-0.4, -0.2) is 18.2 Å². The summed E-state index contributed by atoms with van der Waals surface area (Å²) in [6.45, 7) is 3.18. The Labute approximate surface area is 104 Å². The van der Waals surface area contributed by atoms with Gasteiger partial charge in [0.15, 0.2) is 0 Å². The first kappa shape index (κ1) is 13.8. The van der Waals surface area contributed by atoms with E-state index in [0.29, 0.717) is 11.3 Å². The number of hydrogen-bond acceptors (Lipinski definition) is 2. The zero-order valence-electron chi connectivity index (χ0n) is 9.88. The number of rotatable bonds is 4. The van der Waals surface area contributed by atoms with Crippen molar-refractivity contribution in [1.29, 1.82) is 0 Å². The van der Waals surface area contributed by atoms with E-state index in [1.54, 1.807) is 13.8 Å². The Kier molecular flexibility index (Phi) is 3.98. The van der Waals surface area contributed by atoms with Gasteiger partial charge in [-0.2, -0.15) is 0 Å². The molecule has 1 rings (SSSR count). The van der Waals surface area contributed by atoms with Gasteiger partial charge < -0.3 is 9.84 Å². The summed E-state index contributed by atoms with van der Waals surface area (Å²) >= 11 is 5.67. The molecule has 1 N–H and O–H groups in total. The van der Waals surface area contributed by atoms with Crippen molar-refractivity contribution in [2.24, 2.45) is 5.41 Å². The number of aliphatic carboxylic acids is 1. The number of carboxylic acids is 1. The molecule has 0 fully saturated rings. The van der Waals surface area contributed by atoms with Crippen molar-refractivity contribution in [2.75, 3.05) is 7.11 Å². The lowest BCUT2D eigenvalue weighted by molar-refractivity contribution is -0.146. The van der Waals surface area contributed by atoms with Gasteiger partial charge in [-0.3, -0.25) is 4.79 Å². The molecule has 94 valence electrons. The molecule has 0 saturated carbocycles. The topological polar surface area (TPSA) is 46.5 Å². The molecule has 0 aliphatic rings. The quantitative estimate of drug-likeness (QED) is 0.905. The number of methoxy groups -OCH3 is 1. The Balaban J connectivity index is 3.14. The highest BCUT2D eigenvalue weighted by molar-refractivity contribution is 6.30. The third-order valence-electron chi connectivity index (χ3n) is 2.53. The predicted molar refractivity (Wildman–Crippen MR) is 63.1 cm³/mol. The van der Waals surface area contributed by atoms with Crippen LogP contribution in [0.5, 0.6) is 5.75 Å². The summed E-state index contributed by atoms with van der Waals surface area (Å²) in [5.41, 5.74) is -0.389. The average molecular weight is 261 g/mol. The van der Waals surface area contributed by atoms with Gasteiger partial charge in [0, 0.05) is 6.07 Å². The second kappa shape index (κ2) is 4.92. The molecule has 5 heteroatoms. The van der Waals surface area contributed by atoms with Crippen LogP contribution >= 0.6 is 11.6 Å². The molecule has 0 heterocycles. The number of hydrogen-bond donors (Lipinski definition) is 1. The molecular formula is C12H14ClFO3. The zero-order valence-corrected chi connectivity index (χ0v) is 10.6. The van der Waals surface area contributed by atoms with E-state index in [2.05, 4.69) is 0 Å². The maximum Gasteiger partial charge on any atom is 0.309 e. The van der Waals surface area contributed by atoms with E-state index < -0.39 is 17.2 Å². The van der Waals surface area contributed by atoms with E-state index in [-0.39, 0.29) is 11.4 Å². The third-order valence-corrected chi connectivity index (χ3v) is 2.82. The molecule has 17 heavy (non-hydrogen) atoms. The number of ether oxygens (including phenoxy) is 1. The number of carboxylic acid groups (broad SMARTS) is 1. The van der Waals surface area contributed by atoms with Crippen LogP contribution < -0.4 is 4.74 Å². The van der Waals surface area contributed by atoms with Crippen molar-refractivity contribution >= 4 is 17.6 Å². The highest BCUT2D eigenvalue weighted by Crippen LogP contribution is 2.31. The van der Waals surface area contributed by atoms with E-state index in [1.165, 1.54) is 13.2 Å². The lowest BCUT2D eigenvalue weighted by Crippen LogP contribution is -2.26. The predicted octanol–water partition coefficient (Wildman–Crippen LogP) is 3.14. The third kappa shape index (κ3) is 3.09. The molecular weight excluding hydrogens is 247 g/mol. The first-order valence-electron chi connectivity index (χ1n) is 5.03. The van der Waals surface area contributed by atoms with Gasteiger partial charge in [-0.1, -0.05) is 11.6 Å². The summed E-state index contributed by atoms with van der Waals surface area (Å²) in [4.78, 5) is 11.0. The lowest BCUT2D eigenvalue weighted by atomic mass is 9.85. The summed E-state index contributed by atoms with van der Waals surface area (Å²) in [5.74, 6) is -1.21. The monoisotopic (exact) mass is 260 g/mol. The van der Waals surface area contributed by atoms with Crippen LogP contribution in [0.2, 0.25) is 5.02 Å². The van der Waals surface area contributed by atoms with Gasteiger partial charge in [-0.15, -0.1) is 0 Å². The molecule has 0 spiro atoms. The zero-order chi connectivity index (χ0) is 13.2. The molecule has 0 unspecified atom stereocenters. The Morgan fingerprint density at radius 1 is 1.53 bits per heavy atom. The van der Waals surface area contributed by atoms with E-state index in [0.717, 1.165) is 6.07 Å². The summed E-state index contributed by atoms with van der Waals surface area (Å²) in [6.07, 6.45) is 0.214. The molecule has 1 aromatic rings. The van der Waals surface area contributed by atoms with Crippen molar-refractivity contribution < 1.29 is 19.0 Å². The smallest absolute Gasteiger partial charge is 0.309 e. The first-order chi connectivity index (χ1) is 7.77. The second-order valence-electron chi connectivity index (χ2n) is 4.44. The van der Waals surface area contributed by atoms with Gasteiger partial charge in [0.05, 0.1) is 17.5 Å². The Morgan fingerprint density at radius 2 is 2.12 bits per heavy atom. The second-order valence-corrected chi connectivity index (χ2v) is 4.85. The normalized spacial score (nSPS) is 11.4. The first-order valence-corrected chi connectivity index (χ1v) is 5.41. The summed E-state index contributed by atoms with van der Waals surface area (Å²) < 4.78 is 18.2. The minimum atomic E-state index is -0.964. The van der Waals surface area contributed by atoms with Crippen LogP contribution in [0, 0.1) is 11.2 Å². The molecule has 3 nitrogen and oxygen atoms in total. The molecule has 1 aromatic carbocycles. The van der Waals surface area contributed by atoms with Crippen LogP contribution in [0.15, 0.2) is 12.1 Å². The Morgan fingerprint density at radius 3 is 2.59 bits per heavy atom. The maximum absolute atomic E-state index is 13.2. The minimum absolute atomic E-state index is 0.0398. The average Bonchev–Trinajstić information content (AvgIpc) is 2.22. The van der Waals surface area contributed by atoms with Crippen molar-refractivity contribution in [3.05, 3.63) is 28.5 Å². The fraction of sp³-hybridized carbons (Fsp3) is 0.417. The highest BCUT2D eigenvalue weighted by Gasteiger charge is 2.29. The van der Waals surface area contributed by atoms with Gasteiger partial charge >= 0.3 is 5.97 Å². The maximum atomic E-state index is 13.2. The summed E-state index contributed by atoms with van der Waals surface area (Å²) in [7, 11) is 1.40. The molecule has 0 radical (unpaired) electrons. The standard InChI is InChI=1S/C12H14ClFO3/c1-12(2,11(15)16)6-7-4-8(13)9(14)5-10(7)17-3/h4-5H,6H2,1-3H3,(H,15,16). The summed E-state index contributed by atoms with van der Waals surface area (Å²) in [5, 5.41) is 9.00. The van der Waals surface area contributed by atoms with Gasteiger partial charge in [0.25, 0.3) is 0 Å². The van der Waals surface area contributed by atoms with Crippen LogP contribution in [-0.2, 0) is 11.2 Å². The van der Waals surface area contributed by atoms with Crippen molar-refractivity contribution in [1.82, 2.24) is 0 Å². The van der Waals surface area contributed by atoms with Crippen molar-refractivity contribution in [3.63, 3.8) is 0 Å². The fourth-order valence-electron chi connectivity index (χ4n) is 1.45. The number of halogens is 2. The van der Waals surface area contributed by atoms with E-state index in [1.807, 2.05) is 0 Å². The largest absolute Gasteiger partial charge is 0.496 e. The molecule has 0 saturated heterocycles. The van der Waals surface area contributed by atoms with Gasteiger partial charge in [-0.25, -0.2) is 4.39 Å². The Bertz CT molecular complexity index is 444. The van der Waals surface area contributed by atoms with Crippen molar-refractivity contribution in [2.45, 2.75) is 20.3 Å². The van der Waals surface area contributed by atoms with Crippen LogP contribution in [0.1, 0.15) is 19.4 Å². The molecule has 0 amide bonds. The minimum Gasteiger partial charge on any atom is -0.496 e. The van der Waals surface area contributed by atoms with E-state index >= 15 is 0 Å².